The van der Waals surface area contributed by atoms with Crippen LogP contribution in [-0.4, -0.2) is 76.5 Å². The van der Waals surface area contributed by atoms with E-state index >= 15 is 0 Å². The molecule has 140 valence electrons. The highest BCUT2D eigenvalue weighted by molar-refractivity contribution is 7.86. The molecule has 1 aromatic rings. The monoisotopic (exact) mass is 372 g/mol. The van der Waals surface area contributed by atoms with Crippen LogP contribution in [0.4, 0.5) is 4.39 Å². The summed E-state index contributed by atoms with van der Waals surface area (Å²) >= 11 is 0. The van der Waals surface area contributed by atoms with Gasteiger partial charge in [0.25, 0.3) is 10.1 Å². The molecule has 2 aliphatic heterocycles. The summed E-state index contributed by atoms with van der Waals surface area (Å²) in [4.78, 5) is 4.61. The lowest BCUT2D eigenvalue weighted by Gasteiger charge is -2.33. The third-order valence-electron chi connectivity index (χ3n) is 4.73. The molecule has 3 rings (SSSR count). The molecule has 0 spiro atoms. The summed E-state index contributed by atoms with van der Waals surface area (Å²) in [7, 11) is -1.49. The first kappa shape index (κ1) is 18.7. The van der Waals surface area contributed by atoms with Crippen LogP contribution in [0, 0.1) is 5.82 Å². The molecule has 25 heavy (non-hydrogen) atoms. The summed E-state index contributed by atoms with van der Waals surface area (Å²) in [5.41, 5.74) is 0.732. The van der Waals surface area contributed by atoms with E-state index in [-0.39, 0.29) is 11.9 Å². The second-order valence-corrected chi connectivity index (χ2v) is 8.51. The third kappa shape index (κ3) is 5.21. The molecule has 0 saturated carbocycles. The highest BCUT2D eigenvalue weighted by Gasteiger charge is 2.39. The van der Waals surface area contributed by atoms with Gasteiger partial charge in [-0.15, -0.1) is 0 Å². The molecule has 0 aromatic heterocycles. The fourth-order valence-corrected chi connectivity index (χ4v) is 4.06. The Morgan fingerprint density at radius 2 is 1.84 bits per heavy atom. The van der Waals surface area contributed by atoms with Crippen molar-refractivity contribution in [1.82, 2.24) is 9.80 Å². The Kier molecular flexibility index (Phi) is 5.75. The van der Waals surface area contributed by atoms with Gasteiger partial charge < -0.3 is 9.64 Å². The van der Waals surface area contributed by atoms with Crippen LogP contribution < -0.4 is 0 Å². The number of hydrogen-bond donors (Lipinski definition) is 0. The van der Waals surface area contributed by atoms with Gasteiger partial charge in [-0.2, -0.15) is 8.42 Å². The molecule has 0 amide bonds. The molecule has 6 nitrogen and oxygen atoms in total. The van der Waals surface area contributed by atoms with E-state index in [0.29, 0.717) is 6.42 Å². The van der Waals surface area contributed by atoms with Gasteiger partial charge >= 0.3 is 0 Å². The van der Waals surface area contributed by atoms with E-state index in [0.717, 1.165) is 44.5 Å². The minimum atomic E-state index is -3.59. The van der Waals surface area contributed by atoms with Crippen LogP contribution in [-0.2, 0) is 19.0 Å². The third-order valence-corrected chi connectivity index (χ3v) is 5.32. The Morgan fingerprint density at radius 3 is 2.44 bits per heavy atom. The summed E-state index contributed by atoms with van der Waals surface area (Å²) in [5.74, 6) is -0.337. The van der Waals surface area contributed by atoms with Crippen LogP contribution in [0.5, 0.6) is 0 Å². The van der Waals surface area contributed by atoms with E-state index in [1.807, 2.05) is 0 Å². The lowest BCUT2D eigenvalue weighted by atomic mass is 10.0. The number of piperazine rings is 1. The van der Waals surface area contributed by atoms with Crippen LogP contribution >= 0.6 is 0 Å². The number of ether oxygens (including phenoxy) is 1. The van der Waals surface area contributed by atoms with Crippen molar-refractivity contribution in [2.45, 2.75) is 24.7 Å². The van der Waals surface area contributed by atoms with Crippen molar-refractivity contribution >= 4 is 10.1 Å². The zero-order chi connectivity index (χ0) is 18.0. The lowest BCUT2D eigenvalue weighted by molar-refractivity contribution is -0.00275. The van der Waals surface area contributed by atoms with Gasteiger partial charge in [-0.3, -0.25) is 9.08 Å². The van der Waals surface area contributed by atoms with Crippen LogP contribution in [0.2, 0.25) is 0 Å². The van der Waals surface area contributed by atoms with Gasteiger partial charge in [0.05, 0.1) is 12.4 Å². The topological polar surface area (TPSA) is 59.1 Å². The number of benzene rings is 1. The van der Waals surface area contributed by atoms with Crippen molar-refractivity contribution in [3.05, 3.63) is 35.6 Å². The number of hydrogen-bond acceptors (Lipinski definition) is 6. The van der Waals surface area contributed by atoms with Gasteiger partial charge in [-0.05, 0) is 24.7 Å². The molecule has 2 heterocycles. The first-order valence-corrected chi connectivity index (χ1v) is 10.3. The zero-order valence-electron chi connectivity index (χ0n) is 14.6. The average Bonchev–Trinajstić information content (AvgIpc) is 2.91. The second kappa shape index (κ2) is 7.67. The Labute approximate surface area is 148 Å². The van der Waals surface area contributed by atoms with E-state index in [4.69, 9.17) is 8.92 Å². The SMILES string of the molecule is CN1CCN(C[C@H]2C[C@@H](OS(C)(=O)=O)[C@@H](c3ccc(F)cc3)O2)CC1. The molecule has 2 saturated heterocycles. The normalized spacial score (nSPS) is 29.2. The number of rotatable bonds is 5. The molecule has 0 aliphatic carbocycles. The molecule has 0 N–H and O–H groups in total. The van der Waals surface area contributed by atoms with Gasteiger partial charge in [0.2, 0.25) is 0 Å². The lowest BCUT2D eigenvalue weighted by Crippen LogP contribution is -2.47. The molecule has 0 bridgehead atoms. The minimum Gasteiger partial charge on any atom is -0.366 e. The van der Waals surface area contributed by atoms with Gasteiger partial charge in [0.15, 0.2) is 0 Å². The molecule has 0 unspecified atom stereocenters. The summed E-state index contributed by atoms with van der Waals surface area (Å²) in [6, 6.07) is 5.95. The fraction of sp³-hybridized carbons (Fsp3) is 0.647. The Balaban J connectivity index is 1.69. The zero-order valence-corrected chi connectivity index (χ0v) is 15.4. The standard InChI is InChI=1S/C17H25FN2O4S/c1-19-7-9-20(10-8-19)12-15-11-16(24-25(2,21)22)17(23-15)13-3-5-14(18)6-4-13/h3-6,15-17H,7-12H2,1-2H3/t15-,16-,17-/m1/s1. The van der Waals surface area contributed by atoms with Crippen LogP contribution in [0.1, 0.15) is 18.1 Å². The minimum absolute atomic E-state index is 0.106. The van der Waals surface area contributed by atoms with Crippen molar-refractivity contribution in [3.8, 4) is 0 Å². The largest absolute Gasteiger partial charge is 0.366 e. The number of halogens is 1. The maximum atomic E-state index is 13.2. The summed E-state index contributed by atoms with van der Waals surface area (Å²) in [5, 5.41) is 0. The summed E-state index contributed by atoms with van der Waals surface area (Å²) in [6.45, 7) is 4.70. The maximum Gasteiger partial charge on any atom is 0.264 e. The van der Waals surface area contributed by atoms with Gasteiger partial charge in [-0.25, -0.2) is 4.39 Å². The van der Waals surface area contributed by atoms with E-state index in [9.17, 15) is 12.8 Å². The molecule has 8 heteroatoms. The molecule has 2 aliphatic rings. The molecule has 0 radical (unpaired) electrons. The first-order chi connectivity index (χ1) is 11.8. The summed E-state index contributed by atoms with van der Waals surface area (Å²) < 4.78 is 47.7. The number of likely N-dealkylation sites (N-methyl/N-ethyl adjacent to an activating group) is 1. The molecular formula is C17H25FN2O4S. The highest BCUT2D eigenvalue weighted by atomic mass is 32.2. The molecular weight excluding hydrogens is 347 g/mol. The molecule has 3 atom stereocenters. The Bertz CT molecular complexity index is 674. The van der Waals surface area contributed by atoms with E-state index in [1.54, 1.807) is 12.1 Å². The predicted molar refractivity (Wildman–Crippen MR) is 92.3 cm³/mol. The van der Waals surface area contributed by atoms with Crippen molar-refractivity contribution in [2.75, 3.05) is 46.0 Å². The van der Waals surface area contributed by atoms with Gasteiger partial charge in [0.1, 0.15) is 18.0 Å². The van der Waals surface area contributed by atoms with Gasteiger partial charge in [0, 0.05) is 39.1 Å². The molecule has 2 fully saturated rings. The highest BCUT2D eigenvalue weighted by Crippen LogP contribution is 2.36. The van der Waals surface area contributed by atoms with Crippen LogP contribution in [0.25, 0.3) is 0 Å². The second-order valence-electron chi connectivity index (χ2n) is 6.91. The molecule has 1 aromatic carbocycles. The van der Waals surface area contributed by atoms with Crippen molar-refractivity contribution < 1.29 is 21.7 Å². The average molecular weight is 372 g/mol. The smallest absolute Gasteiger partial charge is 0.264 e. The summed E-state index contributed by atoms with van der Waals surface area (Å²) in [6.07, 6.45) is 0.347. The van der Waals surface area contributed by atoms with Crippen LogP contribution in [0.15, 0.2) is 24.3 Å². The van der Waals surface area contributed by atoms with Crippen molar-refractivity contribution in [3.63, 3.8) is 0 Å². The maximum absolute atomic E-state index is 13.2. The van der Waals surface area contributed by atoms with E-state index in [2.05, 4.69) is 16.8 Å². The van der Waals surface area contributed by atoms with Crippen LogP contribution in [0.3, 0.4) is 0 Å². The predicted octanol–water partition coefficient (Wildman–Crippen LogP) is 1.25. The van der Waals surface area contributed by atoms with E-state index < -0.39 is 22.3 Å². The Morgan fingerprint density at radius 1 is 1.20 bits per heavy atom. The quantitative estimate of drug-likeness (QED) is 0.725. The Hall–Kier alpha value is -1.06. The van der Waals surface area contributed by atoms with Gasteiger partial charge in [-0.1, -0.05) is 12.1 Å². The van der Waals surface area contributed by atoms with E-state index in [1.165, 1.54) is 12.1 Å². The fourth-order valence-electron chi connectivity index (χ4n) is 3.43. The van der Waals surface area contributed by atoms with Crippen molar-refractivity contribution in [2.24, 2.45) is 0 Å². The first-order valence-electron chi connectivity index (χ1n) is 8.50. The van der Waals surface area contributed by atoms with Crippen molar-refractivity contribution in [1.29, 1.82) is 0 Å². The number of nitrogens with zero attached hydrogens (tertiary/aromatic N) is 2.